The van der Waals surface area contributed by atoms with Crippen molar-refractivity contribution in [1.82, 2.24) is 0 Å². The summed E-state index contributed by atoms with van der Waals surface area (Å²) in [7, 11) is 3.15. The number of para-hydroxylation sites is 1. The van der Waals surface area contributed by atoms with Gasteiger partial charge in [-0.3, -0.25) is 4.79 Å². The van der Waals surface area contributed by atoms with Crippen LogP contribution in [0.5, 0.6) is 11.5 Å². The number of aryl methyl sites for hydroxylation is 2. The highest BCUT2D eigenvalue weighted by molar-refractivity contribution is 5.92. The quantitative estimate of drug-likeness (QED) is 0.803. The second-order valence-corrected chi connectivity index (χ2v) is 5.27. The number of nitrogen functional groups attached to an aromatic ring is 1. The average Bonchev–Trinajstić information content (AvgIpc) is 2.55. The number of ether oxygens (including phenoxy) is 2. The fourth-order valence-electron chi connectivity index (χ4n) is 2.34. The van der Waals surface area contributed by atoms with Crippen LogP contribution in [0.1, 0.15) is 17.5 Å². The molecule has 0 aliphatic heterocycles. The third-order valence-corrected chi connectivity index (χ3v) is 3.68. The summed E-state index contributed by atoms with van der Waals surface area (Å²) in [6.45, 7) is 1.91. The summed E-state index contributed by atoms with van der Waals surface area (Å²) >= 11 is 0. The molecule has 0 bridgehead atoms. The number of rotatable bonds is 6. The molecule has 0 aromatic heterocycles. The van der Waals surface area contributed by atoms with E-state index in [2.05, 4.69) is 5.32 Å². The predicted octanol–water partition coefficient (Wildman–Crippen LogP) is 3.17. The maximum Gasteiger partial charge on any atom is 0.224 e. The molecule has 0 fully saturated rings. The number of hydrogen-bond donors (Lipinski definition) is 2. The van der Waals surface area contributed by atoms with E-state index in [-0.39, 0.29) is 5.91 Å². The van der Waals surface area contributed by atoms with E-state index in [0.29, 0.717) is 35.7 Å². The minimum Gasteiger partial charge on any atom is -0.493 e. The van der Waals surface area contributed by atoms with Gasteiger partial charge in [-0.05, 0) is 36.6 Å². The molecule has 2 aromatic carbocycles. The van der Waals surface area contributed by atoms with Crippen molar-refractivity contribution in [1.29, 1.82) is 0 Å². The van der Waals surface area contributed by atoms with Crippen LogP contribution in [0.15, 0.2) is 36.4 Å². The summed E-state index contributed by atoms with van der Waals surface area (Å²) < 4.78 is 10.5. The van der Waals surface area contributed by atoms with Gasteiger partial charge in [0.25, 0.3) is 0 Å². The van der Waals surface area contributed by atoms with Gasteiger partial charge in [-0.15, -0.1) is 0 Å². The van der Waals surface area contributed by atoms with Gasteiger partial charge in [0.1, 0.15) is 0 Å². The highest BCUT2D eigenvalue weighted by atomic mass is 16.5. The Morgan fingerprint density at radius 3 is 2.43 bits per heavy atom. The van der Waals surface area contributed by atoms with Crippen LogP contribution in [-0.2, 0) is 11.2 Å². The van der Waals surface area contributed by atoms with Gasteiger partial charge in [0, 0.05) is 23.9 Å². The first-order valence-electron chi connectivity index (χ1n) is 7.41. The Bertz CT molecular complexity index is 699. The zero-order valence-electron chi connectivity index (χ0n) is 13.7. The molecule has 0 aliphatic carbocycles. The number of carbonyl (C=O) groups excluding carboxylic acids is 1. The first-order valence-corrected chi connectivity index (χ1v) is 7.41. The standard InChI is InChI=1S/C18H22N2O3/c1-12-10-16(22-2)17(23-3)11-15(12)20-18(21)9-8-13-6-4-5-7-14(13)19/h4-7,10-11H,8-9,19H2,1-3H3,(H,20,21). The minimum atomic E-state index is -0.0661. The summed E-state index contributed by atoms with van der Waals surface area (Å²) in [5, 5.41) is 2.91. The summed E-state index contributed by atoms with van der Waals surface area (Å²) in [5.41, 5.74) is 9.21. The van der Waals surface area contributed by atoms with Crippen LogP contribution < -0.4 is 20.5 Å². The SMILES string of the molecule is COc1cc(C)c(NC(=O)CCc2ccccc2N)cc1OC. The largest absolute Gasteiger partial charge is 0.493 e. The molecule has 2 rings (SSSR count). The van der Waals surface area contributed by atoms with E-state index in [1.54, 1.807) is 20.3 Å². The van der Waals surface area contributed by atoms with Crippen LogP contribution in [0.25, 0.3) is 0 Å². The lowest BCUT2D eigenvalue weighted by Gasteiger charge is -2.14. The first kappa shape index (κ1) is 16.7. The number of carbonyl (C=O) groups is 1. The maximum absolute atomic E-state index is 12.2. The number of amides is 1. The van der Waals surface area contributed by atoms with E-state index < -0.39 is 0 Å². The molecule has 3 N–H and O–H groups in total. The number of methoxy groups -OCH3 is 2. The van der Waals surface area contributed by atoms with Crippen molar-refractivity contribution in [2.75, 3.05) is 25.3 Å². The zero-order chi connectivity index (χ0) is 16.8. The molecule has 5 heteroatoms. The van der Waals surface area contributed by atoms with E-state index in [1.807, 2.05) is 37.3 Å². The van der Waals surface area contributed by atoms with Crippen LogP contribution in [0.3, 0.4) is 0 Å². The van der Waals surface area contributed by atoms with Crippen molar-refractivity contribution >= 4 is 17.3 Å². The van der Waals surface area contributed by atoms with Gasteiger partial charge in [-0.2, -0.15) is 0 Å². The Kier molecular flexibility index (Phi) is 5.46. The maximum atomic E-state index is 12.2. The Morgan fingerprint density at radius 2 is 1.78 bits per heavy atom. The Balaban J connectivity index is 2.04. The lowest BCUT2D eigenvalue weighted by atomic mass is 10.1. The van der Waals surface area contributed by atoms with Gasteiger partial charge >= 0.3 is 0 Å². The lowest BCUT2D eigenvalue weighted by Crippen LogP contribution is -2.13. The molecule has 0 spiro atoms. The molecule has 0 unspecified atom stereocenters. The molecular formula is C18H22N2O3. The number of nitrogens with two attached hydrogens (primary N) is 1. The van der Waals surface area contributed by atoms with Crippen molar-refractivity contribution in [2.45, 2.75) is 19.8 Å². The third kappa shape index (κ3) is 4.16. The molecule has 1 amide bonds. The second kappa shape index (κ2) is 7.54. The number of nitrogens with one attached hydrogen (secondary N) is 1. The Morgan fingerprint density at radius 1 is 1.13 bits per heavy atom. The highest BCUT2D eigenvalue weighted by Gasteiger charge is 2.11. The van der Waals surface area contributed by atoms with Gasteiger partial charge in [0.05, 0.1) is 14.2 Å². The Hall–Kier alpha value is -2.69. The highest BCUT2D eigenvalue weighted by Crippen LogP contribution is 2.33. The van der Waals surface area contributed by atoms with E-state index in [4.69, 9.17) is 15.2 Å². The van der Waals surface area contributed by atoms with Crippen molar-refractivity contribution in [2.24, 2.45) is 0 Å². The summed E-state index contributed by atoms with van der Waals surface area (Å²) in [6.07, 6.45) is 0.965. The summed E-state index contributed by atoms with van der Waals surface area (Å²) in [4.78, 5) is 12.2. The van der Waals surface area contributed by atoms with Crippen LogP contribution in [0, 0.1) is 6.92 Å². The Labute approximate surface area is 136 Å². The normalized spacial score (nSPS) is 10.2. The van der Waals surface area contributed by atoms with Crippen LogP contribution >= 0.6 is 0 Å². The molecule has 0 aliphatic rings. The molecule has 122 valence electrons. The van der Waals surface area contributed by atoms with Gasteiger partial charge in [0.15, 0.2) is 11.5 Å². The van der Waals surface area contributed by atoms with E-state index >= 15 is 0 Å². The minimum absolute atomic E-state index is 0.0661. The van der Waals surface area contributed by atoms with E-state index in [9.17, 15) is 4.79 Å². The van der Waals surface area contributed by atoms with Gasteiger partial charge < -0.3 is 20.5 Å². The zero-order valence-corrected chi connectivity index (χ0v) is 13.7. The average molecular weight is 314 g/mol. The van der Waals surface area contributed by atoms with Gasteiger partial charge in [-0.1, -0.05) is 18.2 Å². The van der Waals surface area contributed by atoms with Crippen molar-refractivity contribution in [3.63, 3.8) is 0 Å². The fraction of sp³-hybridized carbons (Fsp3) is 0.278. The monoisotopic (exact) mass is 314 g/mol. The predicted molar refractivity (Wildman–Crippen MR) is 92.1 cm³/mol. The number of hydrogen-bond acceptors (Lipinski definition) is 4. The van der Waals surface area contributed by atoms with Crippen LogP contribution in [-0.4, -0.2) is 20.1 Å². The second-order valence-electron chi connectivity index (χ2n) is 5.27. The molecule has 5 nitrogen and oxygen atoms in total. The van der Waals surface area contributed by atoms with Gasteiger partial charge in [0.2, 0.25) is 5.91 Å². The third-order valence-electron chi connectivity index (χ3n) is 3.68. The molecular weight excluding hydrogens is 292 g/mol. The number of anilines is 2. The van der Waals surface area contributed by atoms with Gasteiger partial charge in [-0.25, -0.2) is 0 Å². The van der Waals surface area contributed by atoms with Crippen molar-refractivity contribution in [3.05, 3.63) is 47.5 Å². The fourth-order valence-corrected chi connectivity index (χ4v) is 2.34. The molecule has 2 aromatic rings. The summed E-state index contributed by atoms with van der Waals surface area (Å²) in [6, 6.07) is 11.2. The first-order chi connectivity index (χ1) is 11.0. The van der Waals surface area contributed by atoms with Crippen LogP contribution in [0.2, 0.25) is 0 Å². The molecule has 0 heterocycles. The van der Waals surface area contributed by atoms with Crippen molar-refractivity contribution in [3.8, 4) is 11.5 Å². The van der Waals surface area contributed by atoms with E-state index in [1.165, 1.54) is 0 Å². The summed E-state index contributed by atoms with van der Waals surface area (Å²) in [5.74, 6) is 1.16. The topological polar surface area (TPSA) is 73.6 Å². The molecule has 0 atom stereocenters. The molecule has 0 saturated heterocycles. The number of benzene rings is 2. The molecule has 23 heavy (non-hydrogen) atoms. The molecule has 0 saturated carbocycles. The van der Waals surface area contributed by atoms with Crippen LogP contribution in [0.4, 0.5) is 11.4 Å². The lowest BCUT2D eigenvalue weighted by molar-refractivity contribution is -0.116. The smallest absolute Gasteiger partial charge is 0.224 e. The molecule has 0 radical (unpaired) electrons. The van der Waals surface area contributed by atoms with E-state index in [0.717, 1.165) is 11.1 Å². The van der Waals surface area contributed by atoms with Crippen molar-refractivity contribution < 1.29 is 14.3 Å².